The highest BCUT2D eigenvalue weighted by atomic mass is 16.5. The quantitative estimate of drug-likeness (QED) is 0.0320. The van der Waals surface area contributed by atoms with Crippen LogP contribution in [0.25, 0.3) is 0 Å². The number of aliphatic hydroxyl groups is 2. The number of nitrogens with one attached hydrogen (secondary N) is 1. The third kappa shape index (κ3) is 69.4. The molecule has 498 valence electrons. The summed E-state index contributed by atoms with van der Waals surface area (Å²) in [5.74, 6) is -0.0457. The Hall–Kier alpha value is -1.66. The highest BCUT2D eigenvalue weighted by Gasteiger charge is 2.18. The van der Waals surface area contributed by atoms with Gasteiger partial charge in [0.15, 0.2) is 0 Å². The molecule has 1 amide bonds. The van der Waals surface area contributed by atoms with Gasteiger partial charge in [-0.3, -0.25) is 9.59 Å². The summed E-state index contributed by atoms with van der Waals surface area (Å²) >= 11 is 0. The smallest absolute Gasteiger partial charge is 0.305 e. The van der Waals surface area contributed by atoms with Crippen LogP contribution in [0.5, 0.6) is 0 Å². The first-order chi connectivity index (χ1) is 41.5. The molecule has 6 heteroatoms. The van der Waals surface area contributed by atoms with Crippen molar-refractivity contribution in [3.63, 3.8) is 0 Å². The third-order valence-electron chi connectivity index (χ3n) is 18.2. The first-order valence-corrected chi connectivity index (χ1v) is 38.6. The van der Waals surface area contributed by atoms with Gasteiger partial charge in [-0.25, -0.2) is 0 Å². The lowest BCUT2D eigenvalue weighted by Crippen LogP contribution is -2.45. The maximum absolute atomic E-state index is 12.5. The lowest BCUT2D eigenvalue weighted by atomic mass is 10.0. The number of hydrogen-bond donors (Lipinski definition) is 3. The Labute approximate surface area is 526 Å². The summed E-state index contributed by atoms with van der Waals surface area (Å²) in [5.41, 5.74) is 0. The van der Waals surface area contributed by atoms with Gasteiger partial charge in [-0.15, -0.1) is 0 Å². The summed E-state index contributed by atoms with van der Waals surface area (Å²) in [6.07, 6.45) is 94.3. The van der Waals surface area contributed by atoms with Gasteiger partial charge < -0.3 is 20.3 Å². The average molecular weight is 1180 g/mol. The van der Waals surface area contributed by atoms with Gasteiger partial charge in [-0.1, -0.05) is 391 Å². The molecule has 0 radical (unpaired) electrons. The van der Waals surface area contributed by atoms with Crippen molar-refractivity contribution in [3.05, 3.63) is 24.3 Å². The zero-order chi connectivity index (χ0) is 60.6. The van der Waals surface area contributed by atoms with Gasteiger partial charge >= 0.3 is 5.97 Å². The number of allylic oxidation sites excluding steroid dienone is 3. The number of aliphatic hydroxyl groups excluding tert-OH is 2. The fourth-order valence-corrected chi connectivity index (χ4v) is 12.3. The fourth-order valence-electron chi connectivity index (χ4n) is 12.3. The molecule has 6 nitrogen and oxygen atoms in total. The van der Waals surface area contributed by atoms with Gasteiger partial charge in [0.25, 0.3) is 0 Å². The molecule has 0 heterocycles. The van der Waals surface area contributed by atoms with E-state index < -0.39 is 12.1 Å². The van der Waals surface area contributed by atoms with E-state index in [0.29, 0.717) is 19.4 Å². The molecule has 0 aliphatic heterocycles. The second kappa shape index (κ2) is 73.8. The van der Waals surface area contributed by atoms with Crippen LogP contribution in [0.15, 0.2) is 24.3 Å². The molecular weight excluding hydrogens is 1030 g/mol. The standard InChI is InChI=1S/C78H151NO5/c1-3-5-7-9-11-13-15-17-19-21-23-24-29-32-35-38-42-46-50-54-58-62-66-70-76(81)75(74-80)79-77(82)71-67-63-59-55-51-47-43-39-36-33-30-27-25-26-28-31-34-37-41-45-49-53-57-61-65-69-73-84-78(83)72-68-64-60-56-52-48-44-40-22-20-18-16-14-12-10-8-6-4-2/h20,22,66,70,75-76,80-81H,3-19,21,23-65,67-69,71-74H2,1-2H3,(H,79,82)/b22-20-,70-66+. The Morgan fingerprint density at radius 3 is 0.845 bits per heavy atom. The molecule has 0 saturated carbocycles. The summed E-state index contributed by atoms with van der Waals surface area (Å²) < 4.78 is 5.51. The molecule has 84 heavy (non-hydrogen) atoms. The molecule has 0 bridgehead atoms. The predicted molar refractivity (Wildman–Crippen MR) is 370 cm³/mol. The van der Waals surface area contributed by atoms with E-state index in [1.807, 2.05) is 6.08 Å². The highest BCUT2D eigenvalue weighted by Crippen LogP contribution is 2.20. The fraction of sp³-hybridized carbons (Fsp3) is 0.923. The molecular formula is C78H151NO5. The number of carbonyl (C=O) groups excluding carboxylic acids is 2. The molecule has 0 rings (SSSR count). The minimum atomic E-state index is -0.844. The Balaban J connectivity index is 3.37. The Kier molecular flexibility index (Phi) is 72.3. The van der Waals surface area contributed by atoms with E-state index in [-0.39, 0.29) is 18.5 Å². The van der Waals surface area contributed by atoms with Gasteiger partial charge in [0, 0.05) is 12.8 Å². The maximum atomic E-state index is 12.5. The first kappa shape index (κ1) is 82.3. The molecule has 2 atom stereocenters. The molecule has 0 aliphatic carbocycles. The molecule has 0 aromatic carbocycles. The maximum Gasteiger partial charge on any atom is 0.305 e. The van der Waals surface area contributed by atoms with Crippen molar-refractivity contribution < 1.29 is 24.5 Å². The highest BCUT2D eigenvalue weighted by molar-refractivity contribution is 5.76. The zero-order valence-electron chi connectivity index (χ0n) is 57.2. The van der Waals surface area contributed by atoms with Gasteiger partial charge in [0.05, 0.1) is 25.4 Å². The Bertz CT molecular complexity index is 1320. The van der Waals surface area contributed by atoms with Crippen LogP contribution in [-0.4, -0.2) is 47.4 Å². The first-order valence-electron chi connectivity index (χ1n) is 38.6. The van der Waals surface area contributed by atoms with E-state index in [1.54, 1.807) is 6.08 Å². The Morgan fingerprint density at radius 1 is 0.321 bits per heavy atom. The molecule has 3 N–H and O–H groups in total. The van der Waals surface area contributed by atoms with Gasteiger partial charge in [-0.2, -0.15) is 0 Å². The van der Waals surface area contributed by atoms with Crippen molar-refractivity contribution >= 4 is 11.9 Å². The Morgan fingerprint density at radius 2 is 0.560 bits per heavy atom. The van der Waals surface area contributed by atoms with Gasteiger partial charge in [0.2, 0.25) is 5.91 Å². The van der Waals surface area contributed by atoms with Crippen molar-refractivity contribution in [1.29, 1.82) is 0 Å². The lowest BCUT2D eigenvalue weighted by Gasteiger charge is -2.20. The summed E-state index contributed by atoms with van der Waals surface area (Å²) in [6, 6.07) is -0.627. The number of hydrogen-bond acceptors (Lipinski definition) is 5. The van der Waals surface area contributed by atoms with Crippen molar-refractivity contribution in [1.82, 2.24) is 5.32 Å². The third-order valence-corrected chi connectivity index (χ3v) is 18.2. The lowest BCUT2D eigenvalue weighted by molar-refractivity contribution is -0.143. The average Bonchev–Trinajstić information content (AvgIpc) is 3.51. The van der Waals surface area contributed by atoms with Crippen molar-refractivity contribution in [2.24, 2.45) is 0 Å². The van der Waals surface area contributed by atoms with Crippen LogP contribution >= 0.6 is 0 Å². The van der Waals surface area contributed by atoms with E-state index in [0.717, 1.165) is 44.9 Å². The minimum absolute atomic E-state index is 0.0151. The van der Waals surface area contributed by atoms with E-state index in [1.165, 1.54) is 366 Å². The van der Waals surface area contributed by atoms with Crippen LogP contribution in [0.3, 0.4) is 0 Å². The number of esters is 1. The van der Waals surface area contributed by atoms with Crippen molar-refractivity contribution in [2.45, 2.75) is 450 Å². The molecule has 0 aromatic heterocycles. The zero-order valence-corrected chi connectivity index (χ0v) is 57.2. The van der Waals surface area contributed by atoms with Crippen molar-refractivity contribution in [3.8, 4) is 0 Å². The second-order valence-electron chi connectivity index (χ2n) is 26.7. The van der Waals surface area contributed by atoms with Crippen LogP contribution in [0.1, 0.15) is 438 Å². The monoisotopic (exact) mass is 1180 g/mol. The van der Waals surface area contributed by atoms with Crippen LogP contribution in [0, 0.1) is 0 Å². The van der Waals surface area contributed by atoms with Crippen LogP contribution < -0.4 is 5.32 Å². The number of ether oxygens (including phenoxy) is 1. The largest absolute Gasteiger partial charge is 0.466 e. The summed E-state index contributed by atoms with van der Waals surface area (Å²) in [6.45, 7) is 4.95. The number of carbonyl (C=O) groups is 2. The molecule has 0 saturated heterocycles. The number of unbranched alkanes of at least 4 members (excludes halogenated alkanes) is 60. The van der Waals surface area contributed by atoms with Crippen molar-refractivity contribution in [2.75, 3.05) is 13.2 Å². The second-order valence-corrected chi connectivity index (χ2v) is 26.7. The molecule has 0 spiro atoms. The van der Waals surface area contributed by atoms with E-state index in [2.05, 4.69) is 31.3 Å². The van der Waals surface area contributed by atoms with E-state index >= 15 is 0 Å². The predicted octanol–water partition coefficient (Wildman–Crippen LogP) is 25.3. The molecule has 2 unspecified atom stereocenters. The van der Waals surface area contributed by atoms with E-state index in [4.69, 9.17) is 4.74 Å². The minimum Gasteiger partial charge on any atom is -0.466 e. The number of amides is 1. The summed E-state index contributed by atoms with van der Waals surface area (Å²) in [4.78, 5) is 24.7. The SMILES string of the molecule is CCCCCCCCC/C=C\CCCCCCCCCC(=O)OCCCCCCCCCCCCCCCCCCCCCCCCCCCCC(=O)NC(CO)C(O)/C=C/CCCCCCCCCCCCCCCCCCCCCCC. The molecule has 0 aromatic rings. The van der Waals surface area contributed by atoms with E-state index in [9.17, 15) is 19.8 Å². The molecule has 0 aliphatic rings. The van der Waals surface area contributed by atoms with Gasteiger partial charge in [0.1, 0.15) is 0 Å². The normalized spacial score (nSPS) is 12.6. The van der Waals surface area contributed by atoms with Crippen LogP contribution in [0.4, 0.5) is 0 Å². The van der Waals surface area contributed by atoms with Crippen LogP contribution in [0.2, 0.25) is 0 Å². The van der Waals surface area contributed by atoms with Gasteiger partial charge in [-0.05, 0) is 57.8 Å². The number of rotatable bonds is 73. The summed E-state index contributed by atoms with van der Waals surface area (Å²) in [5, 5.41) is 23.3. The van der Waals surface area contributed by atoms with Crippen LogP contribution in [-0.2, 0) is 14.3 Å². The summed E-state index contributed by atoms with van der Waals surface area (Å²) in [7, 11) is 0. The molecule has 0 fully saturated rings. The topological polar surface area (TPSA) is 95.9 Å².